The summed E-state index contributed by atoms with van der Waals surface area (Å²) in [6.07, 6.45) is 2.56. The average Bonchev–Trinajstić information content (AvgIpc) is 3.28. The topological polar surface area (TPSA) is 54.3 Å². The number of thiazole rings is 1. The molecule has 0 N–H and O–H groups in total. The van der Waals surface area contributed by atoms with E-state index < -0.39 is 0 Å². The van der Waals surface area contributed by atoms with Crippen molar-refractivity contribution in [2.75, 3.05) is 32.1 Å². The number of anilines is 1. The van der Waals surface area contributed by atoms with Gasteiger partial charge in [0.05, 0.1) is 10.2 Å². The van der Waals surface area contributed by atoms with Crippen LogP contribution in [0.25, 0.3) is 10.2 Å². The number of nitrogens with zero attached hydrogens (tertiary/aromatic N) is 5. The third-order valence-electron chi connectivity index (χ3n) is 4.77. The van der Waals surface area contributed by atoms with E-state index in [2.05, 4.69) is 36.0 Å². The van der Waals surface area contributed by atoms with Crippen molar-refractivity contribution in [3.05, 3.63) is 41.2 Å². The van der Waals surface area contributed by atoms with Crippen LogP contribution in [0, 0.1) is 13.8 Å². The molecule has 1 amide bonds. The molecule has 0 aliphatic rings. The standard InChI is InChI=1S/C20H27N5OS.ClH/c1-6-25-16(10-11-21-25)19(26)24(13-7-12-23(4)5)20-22-18-15(3)14(2)8-9-17(18)27-20;/h8-11H,6-7,12-13H2,1-5H3;1H. The van der Waals surface area contributed by atoms with Gasteiger partial charge in [-0.25, -0.2) is 4.98 Å². The molecule has 0 aliphatic carbocycles. The minimum atomic E-state index is -0.0402. The van der Waals surface area contributed by atoms with Gasteiger partial charge in [-0.2, -0.15) is 5.10 Å². The van der Waals surface area contributed by atoms with Gasteiger partial charge in [0.15, 0.2) is 5.13 Å². The first-order chi connectivity index (χ1) is 12.9. The first kappa shape index (κ1) is 22.3. The third-order valence-corrected chi connectivity index (χ3v) is 5.82. The van der Waals surface area contributed by atoms with Gasteiger partial charge in [0, 0.05) is 19.3 Å². The fourth-order valence-electron chi connectivity index (χ4n) is 3.06. The van der Waals surface area contributed by atoms with Gasteiger partial charge in [-0.1, -0.05) is 17.4 Å². The minimum Gasteiger partial charge on any atom is -0.309 e. The lowest BCUT2D eigenvalue weighted by molar-refractivity contribution is 0.0975. The van der Waals surface area contributed by atoms with Gasteiger partial charge in [-0.05, 0) is 71.1 Å². The van der Waals surface area contributed by atoms with E-state index in [-0.39, 0.29) is 18.3 Å². The number of carbonyl (C=O) groups is 1. The highest BCUT2D eigenvalue weighted by Crippen LogP contribution is 2.32. The van der Waals surface area contributed by atoms with Crippen molar-refractivity contribution in [3.63, 3.8) is 0 Å². The molecule has 0 saturated carbocycles. The summed E-state index contributed by atoms with van der Waals surface area (Å²) in [6, 6.07) is 6.00. The van der Waals surface area contributed by atoms with Crippen molar-refractivity contribution in [2.45, 2.75) is 33.7 Å². The van der Waals surface area contributed by atoms with Crippen LogP contribution in [0.15, 0.2) is 24.4 Å². The Morgan fingerprint density at radius 1 is 1.18 bits per heavy atom. The Balaban J connectivity index is 0.00000280. The highest BCUT2D eigenvalue weighted by atomic mass is 35.5. The van der Waals surface area contributed by atoms with E-state index in [1.807, 2.05) is 25.9 Å². The Kier molecular flexibility index (Phi) is 7.57. The van der Waals surface area contributed by atoms with E-state index >= 15 is 0 Å². The summed E-state index contributed by atoms with van der Waals surface area (Å²) in [6.45, 7) is 8.38. The van der Waals surface area contributed by atoms with E-state index in [4.69, 9.17) is 4.98 Å². The van der Waals surface area contributed by atoms with E-state index in [9.17, 15) is 4.79 Å². The summed E-state index contributed by atoms with van der Waals surface area (Å²) in [7, 11) is 4.09. The van der Waals surface area contributed by atoms with Crippen molar-refractivity contribution in [2.24, 2.45) is 0 Å². The lowest BCUT2D eigenvalue weighted by Gasteiger charge is -2.21. The first-order valence-electron chi connectivity index (χ1n) is 9.27. The van der Waals surface area contributed by atoms with Gasteiger partial charge in [0.25, 0.3) is 5.91 Å². The largest absolute Gasteiger partial charge is 0.309 e. The predicted molar refractivity (Wildman–Crippen MR) is 119 cm³/mol. The van der Waals surface area contributed by atoms with Gasteiger partial charge in [0.1, 0.15) is 5.69 Å². The van der Waals surface area contributed by atoms with Gasteiger partial charge in [-0.3, -0.25) is 14.4 Å². The third kappa shape index (κ3) is 4.54. The molecule has 0 spiro atoms. The summed E-state index contributed by atoms with van der Waals surface area (Å²) in [5.74, 6) is -0.0402. The van der Waals surface area contributed by atoms with Crippen LogP contribution in [0.4, 0.5) is 5.13 Å². The Morgan fingerprint density at radius 2 is 1.93 bits per heavy atom. The summed E-state index contributed by atoms with van der Waals surface area (Å²) in [5, 5.41) is 5.01. The van der Waals surface area contributed by atoms with Gasteiger partial charge in [-0.15, -0.1) is 12.4 Å². The maximum atomic E-state index is 13.3. The van der Waals surface area contributed by atoms with Crippen LogP contribution in [-0.2, 0) is 6.54 Å². The van der Waals surface area contributed by atoms with Crippen LogP contribution in [0.1, 0.15) is 35.0 Å². The Hall–Kier alpha value is -1.96. The van der Waals surface area contributed by atoms with E-state index in [0.29, 0.717) is 18.8 Å². The van der Waals surface area contributed by atoms with Crippen molar-refractivity contribution in [3.8, 4) is 0 Å². The SMILES string of the molecule is CCn1nccc1C(=O)N(CCCN(C)C)c1nc2c(C)c(C)ccc2s1.Cl. The lowest BCUT2D eigenvalue weighted by atomic mass is 10.1. The Morgan fingerprint density at radius 3 is 2.61 bits per heavy atom. The fraction of sp³-hybridized carbons (Fsp3) is 0.450. The second-order valence-electron chi connectivity index (χ2n) is 7.00. The molecular weight excluding hydrogens is 394 g/mol. The molecule has 0 atom stereocenters. The van der Waals surface area contributed by atoms with E-state index in [0.717, 1.165) is 28.3 Å². The number of benzene rings is 1. The summed E-state index contributed by atoms with van der Waals surface area (Å²) >= 11 is 1.58. The molecule has 0 bridgehead atoms. The molecule has 2 aromatic heterocycles. The maximum Gasteiger partial charge on any atom is 0.278 e. The molecule has 2 heterocycles. The van der Waals surface area contributed by atoms with Crippen LogP contribution in [0.5, 0.6) is 0 Å². The molecule has 0 unspecified atom stereocenters. The number of hydrogen-bond acceptors (Lipinski definition) is 5. The summed E-state index contributed by atoms with van der Waals surface area (Å²) < 4.78 is 2.85. The Labute approximate surface area is 176 Å². The molecule has 3 rings (SSSR count). The normalized spacial score (nSPS) is 11.1. The van der Waals surface area contributed by atoms with Crippen LogP contribution in [0.3, 0.4) is 0 Å². The van der Waals surface area contributed by atoms with Crippen LogP contribution in [-0.4, -0.2) is 52.8 Å². The van der Waals surface area contributed by atoms with Crippen LogP contribution in [0.2, 0.25) is 0 Å². The number of aryl methyl sites for hydroxylation is 3. The highest BCUT2D eigenvalue weighted by molar-refractivity contribution is 7.22. The number of amides is 1. The van der Waals surface area contributed by atoms with E-state index in [1.54, 1.807) is 28.3 Å². The monoisotopic (exact) mass is 421 g/mol. The molecule has 8 heteroatoms. The van der Waals surface area contributed by atoms with Crippen molar-refractivity contribution in [1.29, 1.82) is 0 Å². The highest BCUT2D eigenvalue weighted by Gasteiger charge is 2.24. The molecule has 1 aromatic carbocycles. The number of carbonyl (C=O) groups excluding carboxylic acids is 1. The zero-order chi connectivity index (χ0) is 19.6. The van der Waals surface area contributed by atoms with Gasteiger partial charge < -0.3 is 4.90 Å². The second kappa shape index (κ2) is 9.49. The van der Waals surface area contributed by atoms with Gasteiger partial charge >= 0.3 is 0 Å². The maximum absolute atomic E-state index is 13.3. The number of fused-ring (bicyclic) bond motifs is 1. The second-order valence-corrected chi connectivity index (χ2v) is 8.01. The zero-order valence-corrected chi connectivity index (χ0v) is 18.7. The Bertz CT molecular complexity index is 949. The zero-order valence-electron chi connectivity index (χ0n) is 17.1. The molecule has 28 heavy (non-hydrogen) atoms. The molecule has 6 nitrogen and oxygen atoms in total. The van der Waals surface area contributed by atoms with Gasteiger partial charge in [0.2, 0.25) is 0 Å². The molecule has 0 radical (unpaired) electrons. The first-order valence-corrected chi connectivity index (χ1v) is 10.1. The average molecular weight is 422 g/mol. The summed E-state index contributed by atoms with van der Waals surface area (Å²) in [4.78, 5) is 22.1. The van der Waals surface area contributed by atoms with Crippen LogP contribution < -0.4 is 4.90 Å². The number of rotatable bonds is 7. The quantitative estimate of drug-likeness (QED) is 0.575. The minimum absolute atomic E-state index is 0. The number of halogens is 1. The predicted octanol–water partition coefficient (Wildman–Crippen LogP) is 4.15. The van der Waals surface area contributed by atoms with Crippen LogP contribution >= 0.6 is 23.7 Å². The number of aromatic nitrogens is 3. The number of hydrogen-bond donors (Lipinski definition) is 0. The van der Waals surface area contributed by atoms with Crippen molar-refractivity contribution >= 4 is 45.0 Å². The molecule has 0 saturated heterocycles. The lowest BCUT2D eigenvalue weighted by Crippen LogP contribution is -2.34. The summed E-state index contributed by atoms with van der Waals surface area (Å²) in [5.41, 5.74) is 3.99. The molecule has 152 valence electrons. The molecule has 3 aromatic rings. The molecule has 0 aliphatic heterocycles. The molecule has 0 fully saturated rings. The van der Waals surface area contributed by atoms with E-state index in [1.165, 1.54) is 11.1 Å². The van der Waals surface area contributed by atoms with Crippen molar-refractivity contribution < 1.29 is 4.79 Å². The molecular formula is C20H28ClN5OS. The smallest absolute Gasteiger partial charge is 0.278 e. The van der Waals surface area contributed by atoms with Crippen molar-refractivity contribution in [1.82, 2.24) is 19.7 Å². The fourth-order valence-corrected chi connectivity index (χ4v) is 4.11.